The standard InChI is InChI=1S/C20H28O5/c1-6-14(4)25-19(24)16(18(22)23)17(21)20(5,12-13(2)3)15-10-8-7-9-11-15/h7-11,13-14,16H,6,12H2,1-5H3,(H,22,23). The van der Waals surface area contributed by atoms with Gasteiger partial charge in [-0.1, -0.05) is 51.1 Å². The molecule has 5 heteroatoms. The zero-order valence-corrected chi connectivity index (χ0v) is 15.6. The Bertz CT molecular complexity index is 608. The van der Waals surface area contributed by atoms with Crippen LogP contribution in [0.1, 0.15) is 53.0 Å². The number of carboxylic acid groups (broad SMARTS) is 1. The largest absolute Gasteiger partial charge is 0.480 e. The molecule has 1 aromatic rings. The summed E-state index contributed by atoms with van der Waals surface area (Å²) in [4.78, 5) is 37.2. The first kappa shape index (κ1) is 20.9. The van der Waals surface area contributed by atoms with Crippen molar-refractivity contribution >= 4 is 17.7 Å². The van der Waals surface area contributed by atoms with E-state index in [1.807, 2.05) is 26.8 Å². The van der Waals surface area contributed by atoms with E-state index in [1.165, 1.54) is 0 Å². The van der Waals surface area contributed by atoms with Gasteiger partial charge in [-0.05, 0) is 38.2 Å². The molecular formula is C20H28O5. The normalized spacial score (nSPS) is 15.9. The van der Waals surface area contributed by atoms with Crippen LogP contribution in [0.3, 0.4) is 0 Å². The Morgan fingerprint density at radius 2 is 1.68 bits per heavy atom. The van der Waals surface area contributed by atoms with E-state index >= 15 is 0 Å². The number of rotatable bonds is 9. The number of esters is 1. The van der Waals surface area contributed by atoms with Crippen molar-refractivity contribution in [3.05, 3.63) is 35.9 Å². The monoisotopic (exact) mass is 348 g/mol. The molecule has 0 radical (unpaired) electrons. The second kappa shape index (κ2) is 8.79. The number of carbonyl (C=O) groups excluding carboxylic acids is 2. The molecule has 0 saturated heterocycles. The average molecular weight is 348 g/mol. The van der Waals surface area contributed by atoms with Gasteiger partial charge in [0.25, 0.3) is 0 Å². The van der Waals surface area contributed by atoms with Gasteiger partial charge >= 0.3 is 11.9 Å². The van der Waals surface area contributed by atoms with Crippen LogP contribution in [-0.4, -0.2) is 28.9 Å². The molecule has 0 aliphatic rings. The number of hydrogen-bond acceptors (Lipinski definition) is 4. The molecular weight excluding hydrogens is 320 g/mol. The molecule has 3 atom stereocenters. The fourth-order valence-corrected chi connectivity index (χ4v) is 2.97. The van der Waals surface area contributed by atoms with Gasteiger partial charge in [-0.2, -0.15) is 0 Å². The maximum atomic E-state index is 13.2. The zero-order chi connectivity index (χ0) is 19.2. The number of ether oxygens (including phenoxy) is 1. The summed E-state index contributed by atoms with van der Waals surface area (Å²) in [5, 5.41) is 9.52. The minimum atomic E-state index is -1.82. The zero-order valence-electron chi connectivity index (χ0n) is 15.6. The van der Waals surface area contributed by atoms with Gasteiger partial charge in [-0.3, -0.25) is 14.4 Å². The number of carbonyl (C=O) groups is 3. The molecule has 0 fully saturated rings. The van der Waals surface area contributed by atoms with Crippen LogP contribution in [0.2, 0.25) is 0 Å². The fourth-order valence-electron chi connectivity index (χ4n) is 2.97. The molecule has 138 valence electrons. The highest BCUT2D eigenvalue weighted by Crippen LogP contribution is 2.35. The Balaban J connectivity index is 3.29. The van der Waals surface area contributed by atoms with E-state index in [4.69, 9.17) is 4.74 Å². The molecule has 0 bridgehead atoms. The van der Waals surface area contributed by atoms with Gasteiger partial charge in [-0.15, -0.1) is 0 Å². The molecule has 3 unspecified atom stereocenters. The summed E-state index contributed by atoms with van der Waals surface area (Å²) < 4.78 is 5.14. The number of carboxylic acids is 1. The topological polar surface area (TPSA) is 80.7 Å². The van der Waals surface area contributed by atoms with Crippen molar-refractivity contribution < 1.29 is 24.2 Å². The number of ketones is 1. The van der Waals surface area contributed by atoms with Gasteiger partial charge in [0.2, 0.25) is 5.92 Å². The smallest absolute Gasteiger partial charge is 0.328 e. The molecule has 0 saturated carbocycles. The average Bonchev–Trinajstić information content (AvgIpc) is 2.54. The van der Waals surface area contributed by atoms with E-state index in [1.54, 1.807) is 38.1 Å². The summed E-state index contributed by atoms with van der Waals surface area (Å²) >= 11 is 0. The number of Topliss-reactive ketones (excluding diaryl/α,β-unsaturated/α-hetero) is 1. The lowest BCUT2D eigenvalue weighted by molar-refractivity contribution is -0.165. The first-order chi connectivity index (χ1) is 11.6. The second-order valence-corrected chi connectivity index (χ2v) is 7.09. The lowest BCUT2D eigenvalue weighted by Crippen LogP contribution is -2.46. The van der Waals surface area contributed by atoms with Crippen LogP contribution < -0.4 is 0 Å². The molecule has 0 aliphatic heterocycles. The Kier molecular flexibility index (Phi) is 7.34. The summed E-state index contributed by atoms with van der Waals surface area (Å²) in [5.74, 6) is -4.76. The summed E-state index contributed by atoms with van der Waals surface area (Å²) in [6, 6.07) is 9.01. The van der Waals surface area contributed by atoms with Crippen molar-refractivity contribution in [3.63, 3.8) is 0 Å². The summed E-state index contributed by atoms with van der Waals surface area (Å²) in [7, 11) is 0. The highest BCUT2D eigenvalue weighted by atomic mass is 16.5. The van der Waals surface area contributed by atoms with E-state index in [-0.39, 0.29) is 5.92 Å². The van der Waals surface area contributed by atoms with Crippen LogP contribution in [0.4, 0.5) is 0 Å². The Labute approximate surface area is 149 Å². The minimum absolute atomic E-state index is 0.147. The Morgan fingerprint density at radius 1 is 1.12 bits per heavy atom. The van der Waals surface area contributed by atoms with E-state index in [2.05, 4.69) is 0 Å². The highest BCUT2D eigenvalue weighted by Gasteiger charge is 2.47. The third kappa shape index (κ3) is 5.15. The van der Waals surface area contributed by atoms with E-state index in [0.29, 0.717) is 18.4 Å². The van der Waals surface area contributed by atoms with Crippen molar-refractivity contribution in [2.75, 3.05) is 0 Å². The Morgan fingerprint density at radius 3 is 2.12 bits per heavy atom. The summed E-state index contributed by atoms with van der Waals surface area (Å²) in [5.41, 5.74) is -0.372. The fraction of sp³-hybridized carbons (Fsp3) is 0.550. The van der Waals surface area contributed by atoms with Gasteiger partial charge in [-0.25, -0.2) is 0 Å². The Hall–Kier alpha value is -2.17. The molecule has 1 N–H and O–H groups in total. The van der Waals surface area contributed by atoms with Gasteiger partial charge in [0.15, 0.2) is 5.78 Å². The lowest BCUT2D eigenvalue weighted by atomic mass is 9.69. The molecule has 0 aromatic heterocycles. The molecule has 0 amide bonds. The minimum Gasteiger partial charge on any atom is -0.480 e. The maximum absolute atomic E-state index is 13.2. The molecule has 0 aliphatic carbocycles. The van der Waals surface area contributed by atoms with Gasteiger partial charge < -0.3 is 9.84 Å². The number of aliphatic carboxylic acids is 1. The maximum Gasteiger partial charge on any atom is 0.328 e. The highest BCUT2D eigenvalue weighted by molar-refractivity contribution is 6.17. The molecule has 25 heavy (non-hydrogen) atoms. The molecule has 0 heterocycles. The van der Waals surface area contributed by atoms with Crippen LogP contribution in [-0.2, 0) is 24.5 Å². The van der Waals surface area contributed by atoms with Crippen LogP contribution in [0.25, 0.3) is 0 Å². The van der Waals surface area contributed by atoms with Crippen LogP contribution >= 0.6 is 0 Å². The first-order valence-corrected chi connectivity index (χ1v) is 8.66. The quantitative estimate of drug-likeness (QED) is 0.545. The predicted octanol–water partition coefficient (Wildman–Crippen LogP) is 3.60. The van der Waals surface area contributed by atoms with Crippen molar-refractivity contribution in [1.82, 2.24) is 0 Å². The molecule has 5 nitrogen and oxygen atoms in total. The first-order valence-electron chi connectivity index (χ1n) is 8.66. The van der Waals surface area contributed by atoms with Crippen LogP contribution in [0, 0.1) is 11.8 Å². The third-order valence-electron chi connectivity index (χ3n) is 4.41. The predicted molar refractivity (Wildman–Crippen MR) is 95.2 cm³/mol. The molecule has 0 spiro atoms. The molecule has 1 rings (SSSR count). The second-order valence-electron chi connectivity index (χ2n) is 7.09. The summed E-state index contributed by atoms with van der Waals surface area (Å²) in [6.45, 7) is 9.12. The van der Waals surface area contributed by atoms with Gasteiger partial charge in [0.1, 0.15) is 0 Å². The van der Waals surface area contributed by atoms with Crippen LogP contribution in [0.15, 0.2) is 30.3 Å². The van der Waals surface area contributed by atoms with Crippen molar-refractivity contribution in [3.8, 4) is 0 Å². The van der Waals surface area contributed by atoms with Gasteiger partial charge in [0, 0.05) is 0 Å². The lowest BCUT2D eigenvalue weighted by Gasteiger charge is -2.32. The third-order valence-corrected chi connectivity index (χ3v) is 4.41. The summed E-state index contributed by atoms with van der Waals surface area (Å²) in [6.07, 6.45) is 0.556. The van der Waals surface area contributed by atoms with Crippen molar-refractivity contribution in [2.24, 2.45) is 11.8 Å². The van der Waals surface area contributed by atoms with Crippen molar-refractivity contribution in [1.29, 1.82) is 0 Å². The van der Waals surface area contributed by atoms with Crippen molar-refractivity contribution in [2.45, 2.75) is 59.0 Å². The van der Waals surface area contributed by atoms with E-state index in [9.17, 15) is 19.5 Å². The van der Waals surface area contributed by atoms with Crippen LogP contribution in [0.5, 0.6) is 0 Å². The van der Waals surface area contributed by atoms with E-state index < -0.39 is 35.2 Å². The van der Waals surface area contributed by atoms with Gasteiger partial charge in [0.05, 0.1) is 11.5 Å². The van der Waals surface area contributed by atoms with E-state index in [0.717, 1.165) is 0 Å². The number of benzene rings is 1. The SMILES string of the molecule is CCC(C)OC(=O)C(C(=O)O)C(=O)C(C)(CC(C)C)c1ccccc1. The number of hydrogen-bond donors (Lipinski definition) is 1. The molecule has 1 aromatic carbocycles.